The van der Waals surface area contributed by atoms with Gasteiger partial charge in [0.15, 0.2) is 0 Å². The fraction of sp³-hybridized carbons (Fsp3) is 0.143. The van der Waals surface area contributed by atoms with Crippen LogP contribution in [0.25, 0.3) is 0 Å². The number of nitrogens with two attached hydrogens (primary N) is 1. The maximum absolute atomic E-state index is 5.48. The molecule has 0 spiro atoms. The molecule has 0 aliphatic carbocycles. The maximum Gasteiger partial charge on any atom is 0.139 e. The van der Waals surface area contributed by atoms with E-state index in [4.69, 9.17) is 5.73 Å². The van der Waals surface area contributed by atoms with Crippen LogP contribution >= 0.6 is 22.9 Å². The van der Waals surface area contributed by atoms with Gasteiger partial charge in [0.05, 0.1) is 12.1 Å². The van der Waals surface area contributed by atoms with Crippen LogP contribution in [0.2, 0.25) is 0 Å². The van der Waals surface area contributed by atoms with E-state index in [-0.39, 0.29) is 0 Å². The molecule has 0 saturated heterocycles. The lowest BCUT2D eigenvalue weighted by molar-refractivity contribution is 1.19. The van der Waals surface area contributed by atoms with Gasteiger partial charge in [0, 0.05) is 17.1 Å². The summed E-state index contributed by atoms with van der Waals surface area (Å²) in [5.74, 6) is 0.566. The SMILES string of the molecule is Nc1cc(NCc2cncs2)sn1. The molecule has 0 bridgehead atoms. The lowest BCUT2D eigenvalue weighted by atomic mass is 10.5. The summed E-state index contributed by atoms with van der Waals surface area (Å²) in [5, 5.41) is 4.21. The molecule has 3 N–H and O–H groups in total. The third-order valence-electron chi connectivity index (χ3n) is 1.45. The van der Waals surface area contributed by atoms with Crippen LogP contribution in [0.3, 0.4) is 0 Å². The smallest absolute Gasteiger partial charge is 0.139 e. The summed E-state index contributed by atoms with van der Waals surface area (Å²) in [5.41, 5.74) is 7.29. The fourth-order valence-corrected chi connectivity index (χ4v) is 1.98. The van der Waals surface area contributed by atoms with Crippen molar-refractivity contribution in [3.05, 3.63) is 22.7 Å². The Hall–Kier alpha value is -1.14. The molecule has 0 saturated carbocycles. The van der Waals surface area contributed by atoms with Crippen LogP contribution in [0.1, 0.15) is 4.88 Å². The van der Waals surface area contributed by atoms with E-state index in [2.05, 4.69) is 14.7 Å². The Balaban J connectivity index is 1.93. The van der Waals surface area contributed by atoms with E-state index in [9.17, 15) is 0 Å². The summed E-state index contributed by atoms with van der Waals surface area (Å²) in [7, 11) is 0. The molecule has 6 heteroatoms. The largest absolute Gasteiger partial charge is 0.383 e. The number of thiazole rings is 1. The summed E-state index contributed by atoms with van der Waals surface area (Å²) in [4.78, 5) is 5.18. The van der Waals surface area contributed by atoms with Gasteiger partial charge in [-0.25, -0.2) is 0 Å². The number of nitrogens with zero attached hydrogens (tertiary/aromatic N) is 2. The minimum absolute atomic E-state index is 0.566. The summed E-state index contributed by atoms with van der Waals surface area (Å²) in [6.45, 7) is 0.784. The fourth-order valence-electron chi connectivity index (χ4n) is 0.876. The second-order valence-electron chi connectivity index (χ2n) is 2.44. The molecule has 68 valence electrons. The molecule has 4 nitrogen and oxygen atoms in total. The van der Waals surface area contributed by atoms with Crippen molar-refractivity contribution in [2.45, 2.75) is 6.54 Å². The molecule has 13 heavy (non-hydrogen) atoms. The number of hydrogen-bond donors (Lipinski definition) is 2. The van der Waals surface area contributed by atoms with E-state index in [1.807, 2.05) is 17.8 Å². The predicted molar refractivity (Wildman–Crippen MR) is 56.0 cm³/mol. The predicted octanol–water partition coefficient (Wildman–Crippen LogP) is 1.79. The van der Waals surface area contributed by atoms with Crippen LogP contribution < -0.4 is 11.1 Å². The Bertz CT molecular complexity index is 368. The first kappa shape index (κ1) is 8.46. The summed E-state index contributed by atoms with van der Waals surface area (Å²) >= 11 is 3.00. The van der Waals surface area contributed by atoms with Gasteiger partial charge in [-0.1, -0.05) is 0 Å². The Morgan fingerprint density at radius 2 is 2.46 bits per heavy atom. The van der Waals surface area contributed by atoms with E-state index in [1.165, 1.54) is 16.4 Å². The molecular weight excluding hydrogens is 204 g/mol. The normalized spacial score (nSPS) is 10.2. The Labute approximate surface area is 83.6 Å². The molecule has 0 radical (unpaired) electrons. The van der Waals surface area contributed by atoms with Gasteiger partial charge in [-0.15, -0.1) is 11.3 Å². The van der Waals surface area contributed by atoms with Gasteiger partial charge in [-0.2, -0.15) is 4.37 Å². The molecule has 0 aliphatic heterocycles. The first-order chi connectivity index (χ1) is 6.34. The van der Waals surface area contributed by atoms with Crippen molar-refractivity contribution in [2.24, 2.45) is 0 Å². The Kier molecular flexibility index (Phi) is 2.42. The van der Waals surface area contributed by atoms with Crippen molar-refractivity contribution >= 4 is 33.7 Å². The second kappa shape index (κ2) is 3.71. The Morgan fingerprint density at radius 1 is 1.54 bits per heavy atom. The van der Waals surface area contributed by atoms with E-state index >= 15 is 0 Å². The van der Waals surface area contributed by atoms with E-state index in [1.54, 1.807) is 11.3 Å². The third kappa shape index (κ3) is 2.16. The van der Waals surface area contributed by atoms with Gasteiger partial charge in [0.1, 0.15) is 10.8 Å². The molecule has 0 aromatic carbocycles. The van der Waals surface area contributed by atoms with E-state index < -0.39 is 0 Å². The highest BCUT2D eigenvalue weighted by Crippen LogP contribution is 2.18. The third-order valence-corrected chi connectivity index (χ3v) is 2.99. The zero-order valence-corrected chi connectivity index (χ0v) is 8.36. The topological polar surface area (TPSA) is 63.8 Å². The first-order valence-corrected chi connectivity index (χ1v) is 5.33. The molecule has 2 rings (SSSR count). The summed E-state index contributed by atoms with van der Waals surface area (Å²) < 4.78 is 3.96. The molecule has 0 amide bonds. The van der Waals surface area contributed by atoms with E-state index in [0.717, 1.165) is 11.5 Å². The van der Waals surface area contributed by atoms with Gasteiger partial charge < -0.3 is 11.1 Å². The number of nitrogens with one attached hydrogen (secondary N) is 1. The standard InChI is InChI=1S/C7H8N4S2/c8-6-1-7(13-11-6)10-3-5-2-9-4-12-5/h1-2,4,10H,3H2,(H2,8,11). The molecule has 0 unspecified atom stereocenters. The van der Waals surface area contributed by atoms with Crippen LogP contribution in [0.15, 0.2) is 17.8 Å². The van der Waals surface area contributed by atoms with Crippen LogP contribution in [0.5, 0.6) is 0 Å². The van der Waals surface area contributed by atoms with Gasteiger partial charge in [0.25, 0.3) is 0 Å². The van der Waals surface area contributed by atoms with Crippen LogP contribution in [0, 0.1) is 0 Å². The number of anilines is 2. The highest BCUT2D eigenvalue weighted by atomic mass is 32.1. The van der Waals surface area contributed by atoms with Crippen molar-refractivity contribution in [3.63, 3.8) is 0 Å². The monoisotopic (exact) mass is 212 g/mol. The minimum Gasteiger partial charge on any atom is -0.383 e. The summed E-state index contributed by atoms with van der Waals surface area (Å²) in [6, 6.07) is 1.83. The quantitative estimate of drug-likeness (QED) is 0.814. The zero-order chi connectivity index (χ0) is 9.10. The zero-order valence-electron chi connectivity index (χ0n) is 6.73. The van der Waals surface area contributed by atoms with Crippen LogP contribution in [0.4, 0.5) is 10.8 Å². The number of nitrogen functional groups attached to an aromatic ring is 1. The van der Waals surface area contributed by atoms with Gasteiger partial charge in [-0.3, -0.25) is 4.98 Å². The molecular formula is C7H8N4S2. The molecule has 0 aliphatic rings. The van der Waals surface area contributed by atoms with Gasteiger partial charge in [0.2, 0.25) is 0 Å². The van der Waals surface area contributed by atoms with Crippen molar-refractivity contribution < 1.29 is 0 Å². The maximum atomic E-state index is 5.48. The average Bonchev–Trinajstić information content (AvgIpc) is 2.71. The number of rotatable bonds is 3. The molecule has 2 heterocycles. The van der Waals surface area contributed by atoms with Crippen molar-refractivity contribution in [1.82, 2.24) is 9.36 Å². The lowest BCUT2D eigenvalue weighted by Gasteiger charge is -1.97. The van der Waals surface area contributed by atoms with Crippen LogP contribution in [-0.2, 0) is 6.54 Å². The number of hydrogen-bond acceptors (Lipinski definition) is 6. The first-order valence-electron chi connectivity index (χ1n) is 3.68. The summed E-state index contributed by atoms with van der Waals surface area (Å²) in [6.07, 6.45) is 1.85. The highest BCUT2D eigenvalue weighted by molar-refractivity contribution is 7.10. The lowest BCUT2D eigenvalue weighted by Crippen LogP contribution is -1.94. The number of aromatic nitrogens is 2. The second-order valence-corrected chi connectivity index (χ2v) is 4.21. The van der Waals surface area contributed by atoms with Gasteiger partial charge >= 0.3 is 0 Å². The molecule has 0 fully saturated rings. The van der Waals surface area contributed by atoms with Crippen molar-refractivity contribution in [2.75, 3.05) is 11.1 Å². The molecule has 2 aromatic rings. The highest BCUT2D eigenvalue weighted by Gasteiger charge is 1.98. The van der Waals surface area contributed by atoms with E-state index in [0.29, 0.717) is 5.82 Å². The minimum atomic E-state index is 0.566. The van der Waals surface area contributed by atoms with Crippen molar-refractivity contribution in [3.8, 4) is 0 Å². The van der Waals surface area contributed by atoms with Crippen LogP contribution in [-0.4, -0.2) is 9.36 Å². The Morgan fingerprint density at radius 3 is 3.08 bits per heavy atom. The average molecular weight is 212 g/mol. The molecule has 0 atom stereocenters. The molecule has 2 aromatic heterocycles. The van der Waals surface area contributed by atoms with Gasteiger partial charge in [-0.05, 0) is 11.5 Å². The van der Waals surface area contributed by atoms with Crippen molar-refractivity contribution in [1.29, 1.82) is 0 Å².